The molecule has 0 atom stereocenters. The fourth-order valence-corrected chi connectivity index (χ4v) is 1.59. The van der Waals surface area contributed by atoms with Crippen molar-refractivity contribution >= 4 is 11.8 Å². The molecule has 2 rings (SSSR count). The van der Waals surface area contributed by atoms with Crippen LogP contribution in [0.5, 0.6) is 0 Å². The first-order chi connectivity index (χ1) is 7.90. The van der Waals surface area contributed by atoms with Gasteiger partial charge >= 0.3 is 0 Å². The fourth-order valence-electron chi connectivity index (χ4n) is 1.59. The number of nitrogens with one attached hydrogen (secondary N) is 1. The molecule has 0 spiro atoms. The molecule has 1 saturated heterocycles. The second-order valence-corrected chi connectivity index (χ2v) is 3.55. The van der Waals surface area contributed by atoms with Crippen LogP contribution in [0, 0.1) is 0 Å². The number of nitrogens with zero attached hydrogens (tertiary/aromatic N) is 3. The van der Waals surface area contributed by atoms with Gasteiger partial charge in [-0.3, -0.25) is 0 Å². The van der Waals surface area contributed by atoms with E-state index in [9.17, 15) is 0 Å². The number of hydrogen-bond acceptors (Lipinski definition) is 6. The minimum Gasteiger partial charge on any atom is -0.378 e. The van der Waals surface area contributed by atoms with Crippen molar-refractivity contribution in [1.82, 2.24) is 9.97 Å². The molecule has 0 aromatic carbocycles. The molecule has 1 aromatic rings. The molecule has 6 nitrogen and oxygen atoms in total. The van der Waals surface area contributed by atoms with Crippen LogP contribution in [-0.2, 0) is 4.74 Å². The van der Waals surface area contributed by atoms with Crippen LogP contribution in [0.15, 0.2) is 12.3 Å². The van der Waals surface area contributed by atoms with Crippen LogP contribution in [0.3, 0.4) is 0 Å². The number of hydrogen-bond donors (Lipinski definition) is 2. The van der Waals surface area contributed by atoms with Crippen molar-refractivity contribution in [1.29, 1.82) is 0 Å². The number of aromatic nitrogens is 2. The molecular weight excluding hydrogens is 206 g/mol. The van der Waals surface area contributed by atoms with Gasteiger partial charge in [0.2, 0.25) is 5.95 Å². The third-order valence-corrected chi connectivity index (χ3v) is 2.40. The molecule has 16 heavy (non-hydrogen) atoms. The van der Waals surface area contributed by atoms with Crippen LogP contribution < -0.4 is 16.0 Å². The number of anilines is 2. The Morgan fingerprint density at radius 1 is 1.44 bits per heavy atom. The number of rotatable bonds is 4. The van der Waals surface area contributed by atoms with E-state index in [0.717, 1.165) is 32.1 Å². The molecule has 0 amide bonds. The lowest BCUT2D eigenvalue weighted by molar-refractivity contribution is 0.122. The van der Waals surface area contributed by atoms with Gasteiger partial charge < -0.3 is 20.7 Å². The summed E-state index contributed by atoms with van der Waals surface area (Å²) in [5.74, 6) is 1.58. The van der Waals surface area contributed by atoms with E-state index in [2.05, 4.69) is 20.2 Å². The van der Waals surface area contributed by atoms with E-state index in [1.54, 1.807) is 6.20 Å². The molecule has 2 heterocycles. The molecule has 0 radical (unpaired) electrons. The van der Waals surface area contributed by atoms with Gasteiger partial charge in [-0.05, 0) is 6.07 Å². The van der Waals surface area contributed by atoms with Gasteiger partial charge in [0.15, 0.2) is 0 Å². The third-order valence-electron chi connectivity index (χ3n) is 2.40. The summed E-state index contributed by atoms with van der Waals surface area (Å²) in [6, 6.07) is 1.92. The lowest BCUT2D eigenvalue weighted by Gasteiger charge is -2.27. The first-order valence-electron chi connectivity index (χ1n) is 5.50. The highest BCUT2D eigenvalue weighted by atomic mass is 16.5. The maximum absolute atomic E-state index is 5.41. The van der Waals surface area contributed by atoms with Gasteiger partial charge in [0.1, 0.15) is 5.82 Å². The molecule has 3 N–H and O–H groups in total. The Morgan fingerprint density at radius 3 is 3.00 bits per heavy atom. The minimum absolute atomic E-state index is 0.575. The second kappa shape index (κ2) is 5.62. The molecule has 1 fully saturated rings. The zero-order valence-electron chi connectivity index (χ0n) is 9.22. The summed E-state index contributed by atoms with van der Waals surface area (Å²) in [5.41, 5.74) is 5.41. The number of morpholine rings is 1. The quantitative estimate of drug-likeness (QED) is 0.729. The van der Waals surface area contributed by atoms with Crippen molar-refractivity contribution in [3.8, 4) is 0 Å². The summed E-state index contributed by atoms with van der Waals surface area (Å²) < 4.78 is 5.30. The lowest BCUT2D eigenvalue weighted by atomic mass is 10.4. The van der Waals surface area contributed by atoms with E-state index in [-0.39, 0.29) is 0 Å². The predicted octanol–water partition coefficient (Wildman–Crippen LogP) is -0.316. The van der Waals surface area contributed by atoms with Crippen molar-refractivity contribution in [3.05, 3.63) is 12.3 Å². The standard InChI is InChI=1S/C10H17N5O/c11-2-4-13-10-12-3-1-9(14-10)15-5-7-16-8-6-15/h1,3H,2,4-8,11H2,(H,12,13,14). The Morgan fingerprint density at radius 2 is 2.25 bits per heavy atom. The molecule has 0 aliphatic carbocycles. The van der Waals surface area contributed by atoms with Gasteiger partial charge in [-0.2, -0.15) is 4.98 Å². The molecular formula is C10H17N5O. The van der Waals surface area contributed by atoms with Crippen LogP contribution >= 0.6 is 0 Å². The topological polar surface area (TPSA) is 76.3 Å². The first-order valence-corrected chi connectivity index (χ1v) is 5.50. The summed E-state index contributed by atoms with van der Waals surface area (Å²) >= 11 is 0. The molecule has 88 valence electrons. The monoisotopic (exact) mass is 223 g/mol. The fraction of sp³-hybridized carbons (Fsp3) is 0.600. The minimum atomic E-state index is 0.575. The second-order valence-electron chi connectivity index (χ2n) is 3.55. The Bertz CT molecular complexity index is 327. The Hall–Kier alpha value is -1.40. The van der Waals surface area contributed by atoms with Gasteiger partial charge in [-0.25, -0.2) is 4.98 Å². The normalized spacial score (nSPS) is 16.2. The van der Waals surface area contributed by atoms with Crippen LogP contribution in [0.4, 0.5) is 11.8 Å². The summed E-state index contributed by atoms with van der Waals surface area (Å²) in [6.07, 6.45) is 1.76. The smallest absolute Gasteiger partial charge is 0.224 e. The average molecular weight is 223 g/mol. The van der Waals surface area contributed by atoms with Crippen LogP contribution in [0.1, 0.15) is 0 Å². The van der Waals surface area contributed by atoms with Gasteiger partial charge in [-0.1, -0.05) is 0 Å². The van der Waals surface area contributed by atoms with E-state index in [1.807, 2.05) is 6.07 Å². The largest absolute Gasteiger partial charge is 0.378 e. The maximum Gasteiger partial charge on any atom is 0.224 e. The van der Waals surface area contributed by atoms with Crippen LogP contribution in [-0.4, -0.2) is 49.4 Å². The summed E-state index contributed by atoms with van der Waals surface area (Å²) in [7, 11) is 0. The molecule has 0 unspecified atom stereocenters. The summed E-state index contributed by atoms with van der Waals surface area (Å²) in [5, 5.41) is 3.07. The molecule has 1 aromatic heterocycles. The highest BCUT2D eigenvalue weighted by Gasteiger charge is 2.12. The highest BCUT2D eigenvalue weighted by molar-refractivity contribution is 5.42. The van der Waals surface area contributed by atoms with Crippen molar-refractivity contribution in [2.75, 3.05) is 49.6 Å². The maximum atomic E-state index is 5.41. The van der Waals surface area contributed by atoms with Crippen LogP contribution in [0.25, 0.3) is 0 Å². The zero-order valence-corrected chi connectivity index (χ0v) is 9.22. The molecule has 1 aliphatic heterocycles. The van der Waals surface area contributed by atoms with Gasteiger partial charge in [0.25, 0.3) is 0 Å². The SMILES string of the molecule is NCCNc1nccc(N2CCOCC2)n1. The Kier molecular flexibility index (Phi) is 3.90. The highest BCUT2D eigenvalue weighted by Crippen LogP contribution is 2.13. The van der Waals surface area contributed by atoms with Crippen molar-refractivity contribution < 1.29 is 4.74 Å². The van der Waals surface area contributed by atoms with Crippen molar-refractivity contribution in [3.63, 3.8) is 0 Å². The number of nitrogens with two attached hydrogens (primary N) is 1. The van der Waals surface area contributed by atoms with E-state index in [4.69, 9.17) is 10.5 Å². The van der Waals surface area contributed by atoms with E-state index in [0.29, 0.717) is 19.0 Å². The first kappa shape index (κ1) is 11.1. The summed E-state index contributed by atoms with van der Waals surface area (Å²) in [6.45, 7) is 4.55. The Balaban J connectivity index is 2.02. The Labute approximate surface area is 94.8 Å². The molecule has 0 bridgehead atoms. The van der Waals surface area contributed by atoms with Gasteiger partial charge in [0, 0.05) is 32.4 Å². The number of ether oxygens (including phenoxy) is 1. The van der Waals surface area contributed by atoms with Gasteiger partial charge in [0.05, 0.1) is 13.2 Å². The van der Waals surface area contributed by atoms with Crippen molar-refractivity contribution in [2.45, 2.75) is 0 Å². The van der Waals surface area contributed by atoms with Crippen molar-refractivity contribution in [2.24, 2.45) is 5.73 Å². The predicted molar refractivity (Wildman–Crippen MR) is 62.6 cm³/mol. The molecule has 6 heteroatoms. The molecule has 1 aliphatic rings. The summed E-state index contributed by atoms with van der Waals surface area (Å²) in [4.78, 5) is 10.8. The third kappa shape index (κ3) is 2.80. The average Bonchev–Trinajstić information content (AvgIpc) is 2.38. The van der Waals surface area contributed by atoms with Gasteiger partial charge in [-0.15, -0.1) is 0 Å². The lowest BCUT2D eigenvalue weighted by Crippen LogP contribution is -2.36. The zero-order chi connectivity index (χ0) is 11.2. The van der Waals surface area contributed by atoms with E-state index >= 15 is 0 Å². The molecule has 0 saturated carbocycles. The van der Waals surface area contributed by atoms with Crippen LogP contribution in [0.2, 0.25) is 0 Å². The van der Waals surface area contributed by atoms with E-state index in [1.165, 1.54) is 0 Å². The van der Waals surface area contributed by atoms with E-state index < -0.39 is 0 Å².